The van der Waals surface area contributed by atoms with E-state index in [1.165, 1.54) is 23.1 Å². The van der Waals surface area contributed by atoms with Crippen molar-refractivity contribution in [3.8, 4) is 0 Å². The summed E-state index contributed by atoms with van der Waals surface area (Å²) in [6, 6.07) is 0. The summed E-state index contributed by atoms with van der Waals surface area (Å²) >= 11 is 2.58. The molecule has 160 valence electrons. The minimum absolute atomic E-state index is 0.118. The van der Waals surface area contributed by atoms with Crippen LogP contribution in [0.1, 0.15) is 53.0 Å². The summed E-state index contributed by atoms with van der Waals surface area (Å²) in [7, 11) is 0. The Morgan fingerprint density at radius 1 is 1.50 bits per heavy atom. The number of nitrogens with zero attached hydrogens (tertiary/aromatic N) is 5. The predicted molar refractivity (Wildman–Crippen MR) is 112 cm³/mol. The van der Waals surface area contributed by atoms with Gasteiger partial charge in [-0.05, 0) is 49.6 Å². The molecule has 0 saturated carbocycles. The molecule has 2 atom stereocenters. The average Bonchev–Trinajstić information content (AvgIpc) is 3.44. The summed E-state index contributed by atoms with van der Waals surface area (Å²) in [5, 5.41) is 12.8. The second-order valence-corrected chi connectivity index (χ2v) is 9.25. The Labute approximate surface area is 180 Å². The molecular weight excluding hydrogens is 428 g/mol. The molecule has 1 aliphatic rings. The zero-order valence-electron chi connectivity index (χ0n) is 16.9. The first kappa shape index (κ1) is 20.9. The van der Waals surface area contributed by atoms with Crippen molar-refractivity contribution in [1.29, 1.82) is 0 Å². The number of rotatable bonds is 7. The van der Waals surface area contributed by atoms with E-state index in [9.17, 15) is 9.59 Å². The molecule has 12 heteroatoms. The van der Waals surface area contributed by atoms with E-state index in [0.717, 1.165) is 19.4 Å². The number of aromatic amines is 1. The quantitative estimate of drug-likeness (QED) is 0.427. The number of hydrogen-bond donors (Lipinski definition) is 1. The Morgan fingerprint density at radius 3 is 3.07 bits per heavy atom. The number of aromatic nitrogens is 6. The molecule has 4 rings (SSSR count). The van der Waals surface area contributed by atoms with Crippen molar-refractivity contribution in [3.63, 3.8) is 0 Å². The number of aryl methyl sites for hydroxylation is 1. The highest BCUT2D eigenvalue weighted by Gasteiger charge is 2.24. The van der Waals surface area contributed by atoms with Crippen LogP contribution in [0.3, 0.4) is 0 Å². The van der Waals surface area contributed by atoms with Gasteiger partial charge in [0.25, 0.3) is 5.56 Å². The second-order valence-electron chi connectivity index (χ2n) is 6.95. The number of thioether (sulfide) groups is 1. The molecule has 10 nitrogen and oxygen atoms in total. The number of carbonyl (C=O) groups excluding carboxylic acids is 1. The number of thiophene rings is 1. The van der Waals surface area contributed by atoms with Crippen LogP contribution in [0.15, 0.2) is 9.95 Å². The smallest absolute Gasteiger partial charge is 0.348 e. The first-order valence-electron chi connectivity index (χ1n) is 9.72. The maximum absolute atomic E-state index is 12.7. The Morgan fingerprint density at radius 2 is 2.33 bits per heavy atom. The molecule has 0 spiro atoms. The topological polar surface area (TPSA) is 125 Å². The van der Waals surface area contributed by atoms with E-state index in [4.69, 9.17) is 9.47 Å². The first-order chi connectivity index (χ1) is 14.5. The van der Waals surface area contributed by atoms with Crippen molar-refractivity contribution in [1.82, 2.24) is 30.2 Å². The van der Waals surface area contributed by atoms with Crippen LogP contribution in [0.5, 0.6) is 0 Å². The fraction of sp³-hybridized carbons (Fsp3) is 0.556. The van der Waals surface area contributed by atoms with E-state index in [-0.39, 0.29) is 23.5 Å². The SMILES string of the molecule is CCOC(=O)c1sc2nc([C@H](C)Sc3nnnn3C[C@@H]3CCCO3)[nH]c(=O)c2c1C. The van der Waals surface area contributed by atoms with Gasteiger partial charge in [-0.15, -0.1) is 16.4 Å². The van der Waals surface area contributed by atoms with Crippen LogP contribution >= 0.6 is 23.1 Å². The van der Waals surface area contributed by atoms with E-state index >= 15 is 0 Å². The van der Waals surface area contributed by atoms with E-state index in [1.807, 2.05) is 6.92 Å². The lowest BCUT2D eigenvalue weighted by molar-refractivity contribution is 0.0531. The van der Waals surface area contributed by atoms with Crippen LogP contribution in [0.2, 0.25) is 0 Å². The number of esters is 1. The number of nitrogens with one attached hydrogen (secondary N) is 1. The first-order valence-corrected chi connectivity index (χ1v) is 11.4. The summed E-state index contributed by atoms with van der Waals surface area (Å²) in [6.07, 6.45) is 2.16. The lowest BCUT2D eigenvalue weighted by Crippen LogP contribution is -2.17. The van der Waals surface area contributed by atoms with Crippen molar-refractivity contribution in [3.05, 3.63) is 26.6 Å². The molecule has 0 amide bonds. The normalized spacial score (nSPS) is 17.5. The lowest BCUT2D eigenvalue weighted by atomic mass is 10.2. The number of carbonyl (C=O) groups is 1. The van der Waals surface area contributed by atoms with Crippen molar-refractivity contribution < 1.29 is 14.3 Å². The van der Waals surface area contributed by atoms with Gasteiger partial charge in [0.1, 0.15) is 15.5 Å². The second kappa shape index (κ2) is 8.82. The molecule has 1 saturated heterocycles. The molecule has 0 bridgehead atoms. The summed E-state index contributed by atoms with van der Waals surface area (Å²) in [5.41, 5.74) is 0.320. The predicted octanol–water partition coefficient (Wildman–Crippen LogP) is 2.49. The molecular formula is C18H22N6O4S2. The van der Waals surface area contributed by atoms with Gasteiger partial charge in [-0.1, -0.05) is 11.8 Å². The standard InChI is InChI=1S/C18H22N6O4S2/c1-4-27-17(26)13-9(2)12-15(25)19-14(20-16(12)30-13)10(3)29-18-21-22-23-24(18)8-11-6-5-7-28-11/h10-11H,4-8H2,1-3H3,(H,19,20,25)/t10-,11-/m0/s1. The number of H-pyrrole nitrogens is 1. The minimum Gasteiger partial charge on any atom is -0.462 e. The Hall–Kier alpha value is -2.31. The molecule has 1 fully saturated rings. The number of tetrazole rings is 1. The van der Waals surface area contributed by atoms with Gasteiger partial charge in [0.15, 0.2) is 0 Å². The molecule has 0 radical (unpaired) electrons. The van der Waals surface area contributed by atoms with Gasteiger partial charge in [0, 0.05) is 6.61 Å². The average molecular weight is 451 g/mol. The van der Waals surface area contributed by atoms with Crippen LogP contribution in [-0.2, 0) is 16.0 Å². The largest absolute Gasteiger partial charge is 0.462 e. The fourth-order valence-electron chi connectivity index (χ4n) is 3.34. The van der Waals surface area contributed by atoms with Gasteiger partial charge >= 0.3 is 5.97 Å². The molecule has 0 aromatic carbocycles. The molecule has 3 aromatic heterocycles. The third-order valence-electron chi connectivity index (χ3n) is 4.85. The number of ether oxygens (including phenoxy) is 2. The van der Waals surface area contributed by atoms with Gasteiger partial charge in [0.05, 0.1) is 29.9 Å². The zero-order chi connectivity index (χ0) is 21.3. The Kier molecular flexibility index (Phi) is 6.16. The van der Waals surface area contributed by atoms with Crippen LogP contribution in [0.25, 0.3) is 10.2 Å². The molecule has 30 heavy (non-hydrogen) atoms. The molecule has 1 aliphatic heterocycles. The highest BCUT2D eigenvalue weighted by atomic mass is 32.2. The van der Waals surface area contributed by atoms with Crippen molar-refractivity contribution >= 4 is 39.3 Å². The van der Waals surface area contributed by atoms with E-state index in [0.29, 0.717) is 38.2 Å². The van der Waals surface area contributed by atoms with E-state index in [1.54, 1.807) is 18.5 Å². The zero-order valence-corrected chi connectivity index (χ0v) is 18.5. The van der Waals surface area contributed by atoms with E-state index < -0.39 is 5.97 Å². The van der Waals surface area contributed by atoms with Gasteiger partial charge in [0.2, 0.25) is 5.16 Å². The summed E-state index contributed by atoms with van der Waals surface area (Å²) in [6.45, 7) is 7.04. The van der Waals surface area contributed by atoms with Crippen LogP contribution in [0, 0.1) is 6.92 Å². The van der Waals surface area contributed by atoms with Gasteiger partial charge < -0.3 is 14.5 Å². The van der Waals surface area contributed by atoms with Crippen molar-refractivity contribution in [2.24, 2.45) is 0 Å². The fourth-order valence-corrected chi connectivity index (χ4v) is 5.27. The van der Waals surface area contributed by atoms with Crippen LogP contribution in [-0.4, -0.2) is 55.5 Å². The van der Waals surface area contributed by atoms with Crippen LogP contribution < -0.4 is 5.56 Å². The summed E-state index contributed by atoms with van der Waals surface area (Å²) in [4.78, 5) is 33.2. The molecule has 0 aliphatic carbocycles. The Bertz CT molecular complexity index is 1120. The van der Waals surface area contributed by atoms with Crippen molar-refractivity contribution in [2.75, 3.05) is 13.2 Å². The van der Waals surface area contributed by atoms with Gasteiger partial charge in [-0.25, -0.2) is 14.5 Å². The highest BCUT2D eigenvalue weighted by molar-refractivity contribution is 7.99. The van der Waals surface area contributed by atoms with Crippen LogP contribution in [0.4, 0.5) is 0 Å². The number of hydrogen-bond acceptors (Lipinski definition) is 10. The number of fused-ring (bicyclic) bond motifs is 1. The monoisotopic (exact) mass is 450 g/mol. The highest BCUT2D eigenvalue weighted by Crippen LogP contribution is 2.34. The molecule has 0 unspecified atom stereocenters. The van der Waals surface area contributed by atoms with Gasteiger partial charge in [-0.3, -0.25) is 4.79 Å². The maximum Gasteiger partial charge on any atom is 0.348 e. The summed E-state index contributed by atoms with van der Waals surface area (Å²) in [5.74, 6) is 0.0653. The maximum atomic E-state index is 12.7. The Balaban J connectivity index is 1.58. The summed E-state index contributed by atoms with van der Waals surface area (Å²) < 4.78 is 12.5. The van der Waals surface area contributed by atoms with Gasteiger partial charge in [-0.2, -0.15) is 0 Å². The molecule has 4 heterocycles. The third-order valence-corrected chi connectivity index (χ3v) is 7.09. The lowest BCUT2D eigenvalue weighted by Gasteiger charge is -2.12. The third kappa shape index (κ3) is 4.12. The minimum atomic E-state index is -0.435. The molecule has 3 aromatic rings. The molecule has 1 N–H and O–H groups in total. The van der Waals surface area contributed by atoms with Crippen molar-refractivity contribution in [2.45, 2.75) is 56.7 Å². The van der Waals surface area contributed by atoms with E-state index in [2.05, 4.69) is 25.5 Å².